The predicted molar refractivity (Wildman–Crippen MR) is 78.8 cm³/mol. The van der Waals surface area contributed by atoms with Gasteiger partial charge in [0, 0.05) is 19.0 Å². The maximum Gasteiger partial charge on any atom is 0.264 e. The molecule has 0 radical (unpaired) electrons. The van der Waals surface area contributed by atoms with E-state index < -0.39 is 17.6 Å². The molecule has 118 valence electrons. The smallest absolute Gasteiger partial charge is 0.264 e. The number of amides is 3. The molecular weight excluding hydrogens is 287 g/mol. The van der Waals surface area contributed by atoms with Crippen LogP contribution in [0.25, 0.3) is 0 Å². The van der Waals surface area contributed by atoms with Crippen LogP contribution in [0.1, 0.15) is 47.4 Å². The van der Waals surface area contributed by atoms with Crippen LogP contribution >= 0.6 is 0 Å². The van der Waals surface area contributed by atoms with Crippen LogP contribution in [0.2, 0.25) is 0 Å². The highest BCUT2D eigenvalue weighted by Gasteiger charge is 2.37. The largest absolute Gasteiger partial charge is 0.354 e. The second kappa shape index (κ2) is 6.68. The summed E-state index contributed by atoms with van der Waals surface area (Å²) in [5.41, 5.74) is -0.102. The zero-order chi connectivity index (χ0) is 16.3. The van der Waals surface area contributed by atoms with Gasteiger partial charge in [-0.25, -0.2) is 4.39 Å². The minimum Gasteiger partial charge on any atom is -0.354 e. The molecule has 0 saturated carbocycles. The van der Waals surface area contributed by atoms with E-state index in [-0.39, 0.29) is 36.0 Å². The normalized spacial score (nSPS) is 13.7. The van der Waals surface area contributed by atoms with E-state index in [9.17, 15) is 18.8 Å². The summed E-state index contributed by atoms with van der Waals surface area (Å²) in [5, 5.41) is 2.72. The number of fused-ring (bicyclic) bond motifs is 1. The van der Waals surface area contributed by atoms with Crippen LogP contribution in [-0.2, 0) is 4.79 Å². The van der Waals surface area contributed by atoms with E-state index in [4.69, 9.17) is 0 Å². The van der Waals surface area contributed by atoms with Crippen molar-refractivity contribution in [2.75, 3.05) is 13.1 Å². The second-order valence-corrected chi connectivity index (χ2v) is 5.23. The lowest BCUT2D eigenvalue weighted by molar-refractivity contribution is -0.125. The first-order chi connectivity index (χ1) is 10.5. The Morgan fingerprint density at radius 2 is 1.91 bits per heavy atom. The van der Waals surface area contributed by atoms with Gasteiger partial charge in [-0.15, -0.1) is 0 Å². The van der Waals surface area contributed by atoms with Gasteiger partial charge < -0.3 is 5.32 Å². The molecule has 0 saturated heterocycles. The first-order valence-electron chi connectivity index (χ1n) is 7.43. The number of hydrogen-bond acceptors (Lipinski definition) is 3. The molecule has 1 aromatic carbocycles. The lowest BCUT2D eigenvalue weighted by atomic mass is 10.0. The first-order valence-corrected chi connectivity index (χ1v) is 7.43. The Hall–Kier alpha value is -2.24. The lowest BCUT2D eigenvalue weighted by Gasteiger charge is -2.16. The lowest BCUT2D eigenvalue weighted by Crippen LogP contribution is -2.39. The number of benzene rings is 1. The molecule has 1 heterocycles. The molecule has 5 nitrogen and oxygen atoms in total. The van der Waals surface area contributed by atoms with Gasteiger partial charge in [0.2, 0.25) is 5.91 Å². The Morgan fingerprint density at radius 1 is 1.23 bits per heavy atom. The van der Waals surface area contributed by atoms with Gasteiger partial charge in [0.25, 0.3) is 11.8 Å². The fourth-order valence-corrected chi connectivity index (χ4v) is 2.59. The van der Waals surface area contributed by atoms with E-state index in [0.717, 1.165) is 23.8 Å². The van der Waals surface area contributed by atoms with Crippen molar-refractivity contribution < 1.29 is 18.8 Å². The zero-order valence-corrected chi connectivity index (χ0v) is 12.7. The summed E-state index contributed by atoms with van der Waals surface area (Å²) in [4.78, 5) is 37.0. The molecule has 6 heteroatoms. The van der Waals surface area contributed by atoms with Crippen molar-refractivity contribution in [3.8, 4) is 0 Å². The van der Waals surface area contributed by atoms with Gasteiger partial charge in [0.05, 0.1) is 11.1 Å². The third-order valence-electron chi connectivity index (χ3n) is 3.94. The van der Waals surface area contributed by atoms with E-state index in [0.29, 0.717) is 0 Å². The van der Waals surface area contributed by atoms with Crippen molar-refractivity contribution in [3.05, 3.63) is 35.1 Å². The minimum atomic E-state index is -0.695. The van der Waals surface area contributed by atoms with Crippen LogP contribution in [-0.4, -0.2) is 35.7 Å². The van der Waals surface area contributed by atoms with E-state index in [1.165, 1.54) is 12.1 Å². The fraction of sp³-hybridized carbons (Fsp3) is 0.438. The molecule has 0 fully saturated rings. The number of carbonyl (C=O) groups excluding carboxylic acids is 3. The Labute approximate surface area is 128 Å². The molecule has 0 bridgehead atoms. The van der Waals surface area contributed by atoms with Gasteiger partial charge in [-0.05, 0) is 25.0 Å². The number of rotatable bonds is 6. The fourth-order valence-electron chi connectivity index (χ4n) is 2.59. The monoisotopic (exact) mass is 306 g/mol. The van der Waals surface area contributed by atoms with Crippen molar-refractivity contribution in [2.45, 2.75) is 26.7 Å². The molecule has 0 aliphatic carbocycles. The molecule has 0 unspecified atom stereocenters. The van der Waals surface area contributed by atoms with Crippen molar-refractivity contribution in [2.24, 2.45) is 5.92 Å². The summed E-state index contributed by atoms with van der Waals surface area (Å²) in [6, 6.07) is 3.99. The molecule has 22 heavy (non-hydrogen) atoms. The number of nitrogens with zero attached hydrogens (tertiary/aromatic N) is 1. The quantitative estimate of drug-likeness (QED) is 0.817. The summed E-state index contributed by atoms with van der Waals surface area (Å²) >= 11 is 0. The molecule has 3 amide bonds. The second-order valence-electron chi connectivity index (χ2n) is 5.23. The maximum absolute atomic E-state index is 13.7. The van der Waals surface area contributed by atoms with Crippen molar-refractivity contribution in [3.63, 3.8) is 0 Å². The molecule has 1 aliphatic rings. The molecule has 1 aromatic rings. The van der Waals surface area contributed by atoms with Gasteiger partial charge >= 0.3 is 0 Å². The number of nitrogens with one attached hydrogen (secondary N) is 1. The van der Waals surface area contributed by atoms with Crippen LogP contribution < -0.4 is 5.32 Å². The van der Waals surface area contributed by atoms with Crippen LogP contribution in [0, 0.1) is 11.7 Å². The number of imide groups is 1. The Kier molecular flexibility index (Phi) is 4.90. The van der Waals surface area contributed by atoms with E-state index in [2.05, 4.69) is 5.32 Å². The third-order valence-corrected chi connectivity index (χ3v) is 3.94. The van der Waals surface area contributed by atoms with E-state index >= 15 is 0 Å². The third kappa shape index (κ3) is 2.86. The van der Waals surface area contributed by atoms with Gasteiger partial charge in [0.15, 0.2) is 0 Å². The average molecular weight is 306 g/mol. The summed E-state index contributed by atoms with van der Waals surface area (Å²) in [6.45, 7) is 4.07. The highest BCUT2D eigenvalue weighted by Crippen LogP contribution is 2.24. The van der Waals surface area contributed by atoms with Crippen molar-refractivity contribution in [1.82, 2.24) is 10.2 Å². The van der Waals surface area contributed by atoms with Crippen LogP contribution in [0.3, 0.4) is 0 Å². The molecular formula is C16H19FN2O3. The summed E-state index contributed by atoms with van der Waals surface area (Å²) in [5.74, 6) is -2.02. The number of halogens is 1. The van der Waals surface area contributed by atoms with E-state index in [1.54, 1.807) is 0 Å². The van der Waals surface area contributed by atoms with Gasteiger partial charge in [0.1, 0.15) is 5.82 Å². The molecule has 0 aromatic heterocycles. The summed E-state index contributed by atoms with van der Waals surface area (Å²) in [7, 11) is 0. The van der Waals surface area contributed by atoms with Crippen molar-refractivity contribution in [1.29, 1.82) is 0 Å². The highest BCUT2D eigenvalue weighted by atomic mass is 19.1. The van der Waals surface area contributed by atoms with Crippen LogP contribution in [0.4, 0.5) is 4.39 Å². The van der Waals surface area contributed by atoms with Crippen LogP contribution in [0.15, 0.2) is 18.2 Å². The zero-order valence-electron chi connectivity index (χ0n) is 12.7. The minimum absolute atomic E-state index is 0.0394. The van der Waals surface area contributed by atoms with E-state index in [1.807, 2.05) is 13.8 Å². The summed E-state index contributed by atoms with van der Waals surface area (Å²) in [6.07, 6.45) is 1.47. The Morgan fingerprint density at radius 3 is 2.50 bits per heavy atom. The number of hydrogen-bond donors (Lipinski definition) is 1. The molecule has 0 spiro atoms. The average Bonchev–Trinajstić information content (AvgIpc) is 2.74. The Balaban J connectivity index is 1.99. The standard InChI is InChI=1S/C16H19FN2O3/c1-3-10(4-2)14(20)18-8-9-19-15(21)11-6-5-7-12(17)13(11)16(19)22/h5-7,10H,3-4,8-9H2,1-2H3,(H,18,20). The maximum atomic E-state index is 13.7. The molecule has 1 N–H and O–H groups in total. The first kappa shape index (κ1) is 16.1. The van der Waals surface area contributed by atoms with Crippen molar-refractivity contribution >= 4 is 17.7 Å². The van der Waals surface area contributed by atoms with Gasteiger partial charge in [-0.2, -0.15) is 0 Å². The summed E-state index contributed by atoms with van der Waals surface area (Å²) < 4.78 is 13.7. The van der Waals surface area contributed by atoms with Gasteiger partial charge in [-0.3, -0.25) is 19.3 Å². The molecule has 1 aliphatic heterocycles. The Bertz CT molecular complexity index is 611. The SMILES string of the molecule is CCC(CC)C(=O)NCCN1C(=O)c2cccc(F)c2C1=O. The highest BCUT2D eigenvalue weighted by molar-refractivity contribution is 6.21. The predicted octanol–water partition coefficient (Wildman–Crippen LogP) is 1.97. The number of carbonyl (C=O) groups is 3. The topological polar surface area (TPSA) is 66.5 Å². The molecule has 0 atom stereocenters. The van der Waals surface area contributed by atoms with Gasteiger partial charge in [-0.1, -0.05) is 19.9 Å². The van der Waals surface area contributed by atoms with Crippen LogP contribution in [0.5, 0.6) is 0 Å². The molecule has 2 rings (SSSR count).